The maximum absolute atomic E-state index is 12.6. The third-order valence-electron chi connectivity index (χ3n) is 4.59. The van der Waals surface area contributed by atoms with Gasteiger partial charge in [0.1, 0.15) is 17.8 Å². The number of hydrogen-bond acceptors (Lipinski definition) is 6. The number of rotatable bonds is 9. The van der Waals surface area contributed by atoms with Crippen LogP contribution in [-0.2, 0) is 19.1 Å². The monoisotopic (exact) mass is 405 g/mol. The number of hydrogen-bond donors (Lipinski definition) is 2. The quantitative estimate of drug-likeness (QED) is 0.479. The number of anilines is 1. The Labute approximate surface area is 169 Å². The average Bonchev–Trinajstić information content (AvgIpc) is 2.89. The number of carbonyl (C=O) groups is 4. The molecule has 1 aromatic rings. The number of benzene rings is 1. The van der Waals surface area contributed by atoms with Gasteiger partial charge in [-0.15, -0.1) is 0 Å². The second-order valence-corrected chi connectivity index (χ2v) is 7.52. The zero-order chi connectivity index (χ0) is 21.6. The van der Waals surface area contributed by atoms with Crippen molar-refractivity contribution in [3.63, 3.8) is 0 Å². The van der Waals surface area contributed by atoms with Crippen molar-refractivity contribution >= 4 is 29.5 Å². The highest BCUT2D eigenvalue weighted by molar-refractivity contribution is 6.08. The highest BCUT2D eigenvalue weighted by Gasteiger charge is 2.48. The van der Waals surface area contributed by atoms with Crippen LogP contribution in [0.3, 0.4) is 0 Å². The lowest BCUT2D eigenvalue weighted by molar-refractivity contribution is -0.150. The van der Waals surface area contributed by atoms with Gasteiger partial charge in [0.15, 0.2) is 6.61 Å². The van der Waals surface area contributed by atoms with Gasteiger partial charge in [-0.05, 0) is 49.9 Å². The molecular weight excluding hydrogens is 378 g/mol. The summed E-state index contributed by atoms with van der Waals surface area (Å²) < 4.78 is 9.92. The van der Waals surface area contributed by atoms with Gasteiger partial charge in [0.25, 0.3) is 11.8 Å². The lowest BCUT2D eigenvalue weighted by Gasteiger charge is -2.22. The molecule has 1 aliphatic heterocycles. The highest BCUT2D eigenvalue weighted by atomic mass is 16.5. The molecule has 4 amide bonds. The summed E-state index contributed by atoms with van der Waals surface area (Å²) in [6.45, 7) is 4.62. The molecule has 158 valence electrons. The van der Waals surface area contributed by atoms with Gasteiger partial charge in [-0.25, -0.2) is 4.79 Å². The number of imide groups is 1. The Bertz CT molecular complexity index is 777. The molecule has 0 unspecified atom stereocenters. The Morgan fingerprint density at radius 1 is 1.21 bits per heavy atom. The van der Waals surface area contributed by atoms with Gasteiger partial charge in [0, 0.05) is 5.69 Å². The van der Waals surface area contributed by atoms with Crippen LogP contribution in [0, 0.1) is 5.92 Å². The summed E-state index contributed by atoms with van der Waals surface area (Å²) in [6.07, 6.45) is 1.23. The summed E-state index contributed by atoms with van der Waals surface area (Å²) in [7, 11) is 1.53. The van der Waals surface area contributed by atoms with Crippen LogP contribution in [0.4, 0.5) is 10.5 Å². The van der Waals surface area contributed by atoms with Crippen molar-refractivity contribution in [2.75, 3.05) is 25.6 Å². The Balaban J connectivity index is 1.82. The molecule has 0 aromatic heterocycles. The van der Waals surface area contributed by atoms with E-state index in [1.807, 2.05) is 13.8 Å². The normalized spacial score (nSPS) is 18.6. The summed E-state index contributed by atoms with van der Waals surface area (Å²) in [5, 5.41) is 5.21. The Morgan fingerprint density at radius 3 is 2.45 bits per heavy atom. The summed E-state index contributed by atoms with van der Waals surface area (Å²) >= 11 is 0. The molecule has 9 heteroatoms. The van der Waals surface area contributed by atoms with Crippen molar-refractivity contribution in [3.8, 4) is 5.75 Å². The van der Waals surface area contributed by atoms with E-state index >= 15 is 0 Å². The molecule has 0 bridgehead atoms. The van der Waals surface area contributed by atoms with Crippen LogP contribution in [0.1, 0.15) is 33.6 Å². The maximum atomic E-state index is 12.6. The predicted molar refractivity (Wildman–Crippen MR) is 105 cm³/mol. The molecule has 0 aliphatic carbocycles. The molecule has 2 rings (SSSR count). The first kappa shape index (κ1) is 22.2. The van der Waals surface area contributed by atoms with Crippen LogP contribution in [0.5, 0.6) is 5.75 Å². The second-order valence-electron chi connectivity index (χ2n) is 7.52. The van der Waals surface area contributed by atoms with E-state index in [0.717, 1.165) is 11.3 Å². The summed E-state index contributed by atoms with van der Waals surface area (Å²) in [4.78, 5) is 49.4. The molecule has 0 radical (unpaired) electrons. The average molecular weight is 405 g/mol. The zero-order valence-corrected chi connectivity index (χ0v) is 17.1. The molecule has 1 heterocycles. The topological polar surface area (TPSA) is 114 Å². The zero-order valence-electron chi connectivity index (χ0n) is 17.1. The molecule has 1 aliphatic rings. The Kier molecular flexibility index (Phi) is 7.19. The van der Waals surface area contributed by atoms with Crippen molar-refractivity contribution < 1.29 is 28.7 Å². The van der Waals surface area contributed by atoms with Crippen molar-refractivity contribution in [1.29, 1.82) is 0 Å². The van der Waals surface area contributed by atoms with Crippen LogP contribution < -0.4 is 15.4 Å². The van der Waals surface area contributed by atoms with Crippen molar-refractivity contribution in [2.45, 2.75) is 39.2 Å². The van der Waals surface area contributed by atoms with Crippen LogP contribution in [0.25, 0.3) is 0 Å². The Hall–Kier alpha value is -3.10. The number of esters is 1. The van der Waals surface area contributed by atoms with Gasteiger partial charge in [0.05, 0.1) is 7.11 Å². The van der Waals surface area contributed by atoms with E-state index in [1.54, 1.807) is 31.2 Å². The van der Waals surface area contributed by atoms with Crippen molar-refractivity contribution in [2.24, 2.45) is 5.92 Å². The van der Waals surface area contributed by atoms with Gasteiger partial charge in [0.2, 0.25) is 0 Å². The molecule has 9 nitrogen and oxygen atoms in total. The van der Waals surface area contributed by atoms with Gasteiger partial charge in [-0.3, -0.25) is 19.3 Å². The first-order chi connectivity index (χ1) is 13.6. The molecule has 0 spiro atoms. The highest BCUT2D eigenvalue weighted by Crippen LogP contribution is 2.24. The Morgan fingerprint density at radius 2 is 1.86 bits per heavy atom. The SMILES string of the molecule is COc1ccc(NC(=O)COC(=O)CN2C(=O)N[C@](C)(CCC(C)C)C2=O)cc1. The molecule has 0 saturated carbocycles. The van der Waals surface area contributed by atoms with Gasteiger partial charge in [-0.2, -0.15) is 0 Å². The van der Waals surface area contributed by atoms with Gasteiger partial charge >= 0.3 is 12.0 Å². The second kappa shape index (κ2) is 9.40. The molecule has 2 N–H and O–H groups in total. The third-order valence-corrected chi connectivity index (χ3v) is 4.59. The van der Waals surface area contributed by atoms with Crippen LogP contribution in [-0.4, -0.2) is 54.5 Å². The fourth-order valence-electron chi connectivity index (χ4n) is 2.83. The van der Waals surface area contributed by atoms with E-state index in [1.165, 1.54) is 7.11 Å². The molecular formula is C20H27N3O6. The summed E-state index contributed by atoms with van der Waals surface area (Å²) in [6, 6.07) is 6.00. The number of nitrogens with one attached hydrogen (secondary N) is 2. The molecule has 1 atom stereocenters. The van der Waals surface area contributed by atoms with Crippen LogP contribution in [0.15, 0.2) is 24.3 Å². The number of carbonyl (C=O) groups excluding carboxylic acids is 4. The van der Waals surface area contributed by atoms with Crippen molar-refractivity contribution in [1.82, 2.24) is 10.2 Å². The smallest absolute Gasteiger partial charge is 0.326 e. The molecule has 1 aromatic carbocycles. The van der Waals surface area contributed by atoms with E-state index in [2.05, 4.69) is 10.6 Å². The van der Waals surface area contributed by atoms with E-state index < -0.39 is 42.5 Å². The van der Waals surface area contributed by atoms with Gasteiger partial charge in [-0.1, -0.05) is 13.8 Å². The van der Waals surface area contributed by atoms with E-state index in [4.69, 9.17) is 9.47 Å². The lowest BCUT2D eigenvalue weighted by Crippen LogP contribution is -2.44. The number of ether oxygens (including phenoxy) is 2. The minimum atomic E-state index is -1.03. The fraction of sp³-hybridized carbons (Fsp3) is 0.500. The lowest BCUT2D eigenvalue weighted by atomic mass is 9.92. The number of nitrogens with zero attached hydrogens (tertiary/aromatic N) is 1. The number of methoxy groups -OCH3 is 1. The number of urea groups is 1. The first-order valence-electron chi connectivity index (χ1n) is 9.38. The minimum absolute atomic E-state index is 0.375. The molecule has 1 saturated heterocycles. The predicted octanol–water partition coefficient (Wildman–Crippen LogP) is 1.92. The minimum Gasteiger partial charge on any atom is -0.497 e. The van der Waals surface area contributed by atoms with Gasteiger partial charge < -0.3 is 20.1 Å². The van der Waals surface area contributed by atoms with Crippen LogP contribution in [0.2, 0.25) is 0 Å². The molecule has 29 heavy (non-hydrogen) atoms. The largest absolute Gasteiger partial charge is 0.497 e. The van der Waals surface area contributed by atoms with E-state index in [0.29, 0.717) is 23.8 Å². The first-order valence-corrected chi connectivity index (χ1v) is 9.38. The standard InChI is InChI=1S/C20H27N3O6/c1-13(2)9-10-20(3)18(26)23(19(27)22-20)11-17(25)29-12-16(24)21-14-5-7-15(28-4)8-6-14/h5-8,13H,9-12H2,1-4H3,(H,21,24)(H,22,27)/t20-/m1/s1. The summed E-state index contributed by atoms with van der Waals surface area (Å²) in [5.41, 5.74) is -0.519. The van der Waals surface area contributed by atoms with E-state index in [-0.39, 0.29) is 0 Å². The third kappa shape index (κ3) is 5.94. The summed E-state index contributed by atoms with van der Waals surface area (Å²) in [5.74, 6) is -0.833. The number of amides is 4. The van der Waals surface area contributed by atoms with Crippen LogP contribution >= 0.6 is 0 Å². The fourth-order valence-corrected chi connectivity index (χ4v) is 2.83. The van der Waals surface area contributed by atoms with Crippen molar-refractivity contribution in [3.05, 3.63) is 24.3 Å². The van der Waals surface area contributed by atoms with E-state index in [9.17, 15) is 19.2 Å². The maximum Gasteiger partial charge on any atom is 0.326 e. The molecule has 1 fully saturated rings.